The summed E-state index contributed by atoms with van der Waals surface area (Å²) in [5, 5.41) is 27.3. The summed E-state index contributed by atoms with van der Waals surface area (Å²) >= 11 is 0. The first-order valence-electron chi connectivity index (χ1n) is 3.80. The van der Waals surface area contributed by atoms with E-state index < -0.39 is 5.76 Å². The van der Waals surface area contributed by atoms with Crippen LogP contribution in [0.3, 0.4) is 0 Å². The van der Waals surface area contributed by atoms with Crippen molar-refractivity contribution < 1.29 is 15.3 Å². The van der Waals surface area contributed by atoms with Crippen LogP contribution in [0.15, 0.2) is 35.5 Å². The van der Waals surface area contributed by atoms with Gasteiger partial charge in [0, 0.05) is 12.3 Å². The van der Waals surface area contributed by atoms with Crippen molar-refractivity contribution >= 4 is 0 Å². The molecule has 3 heteroatoms. The van der Waals surface area contributed by atoms with E-state index in [1.165, 1.54) is 6.08 Å². The van der Waals surface area contributed by atoms with Gasteiger partial charge in [0.25, 0.3) is 0 Å². The van der Waals surface area contributed by atoms with E-state index in [2.05, 4.69) is 0 Å². The van der Waals surface area contributed by atoms with E-state index in [0.717, 1.165) is 0 Å². The quantitative estimate of drug-likeness (QED) is 0.526. The first-order valence-corrected chi connectivity index (χ1v) is 3.80. The minimum atomic E-state index is -0.407. The van der Waals surface area contributed by atoms with E-state index in [-0.39, 0.29) is 17.4 Å². The number of aliphatic hydroxyl groups excluding tert-OH is 3. The molecular weight excluding hydrogens is 156 g/mol. The van der Waals surface area contributed by atoms with Gasteiger partial charge in [0.05, 0.1) is 0 Å². The van der Waals surface area contributed by atoms with Crippen LogP contribution in [-0.4, -0.2) is 15.3 Å². The molecule has 3 nitrogen and oxygen atoms in total. The molecule has 66 valence electrons. The third kappa shape index (κ3) is 1.61. The van der Waals surface area contributed by atoms with Crippen LogP contribution in [0, 0.1) is 5.92 Å². The highest BCUT2D eigenvalue weighted by atomic mass is 16.3. The zero-order chi connectivity index (χ0) is 9.14. The topological polar surface area (TPSA) is 60.7 Å². The maximum Gasteiger partial charge on any atom is 0.195 e. The first kappa shape index (κ1) is 8.71. The molecule has 0 aromatic heterocycles. The second-order valence-corrected chi connectivity index (χ2v) is 2.74. The van der Waals surface area contributed by atoms with Crippen LogP contribution in [-0.2, 0) is 0 Å². The number of aliphatic hydroxyl groups is 3. The van der Waals surface area contributed by atoms with E-state index in [4.69, 9.17) is 15.3 Å². The fourth-order valence-corrected chi connectivity index (χ4v) is 1.18. The van der Waals surface area contributed by atoms with E-state index in [1.54, 1.807) is 0 Å². The molecule has 1 unspecified atom stereocenters. The maximum absolute atomic E-state index is 9.14. The van der Waals surface area contributed by atoms with Crippen molar-refractivity contribution in [1.82, 2.24) is 0 Å². The average Bonchev–Trinajstić information content (AvgIpc) is 2.01. The molecule has 1 aliphatic carbocycles. The van der Waals surface area contributed by atoms with Gasteiger partial charge in [-0.15, -0.1) is 0 Å². The minimum absolute atomic E-state index is 0.0223. The van der Waals surface area contributed by atoms with Gasteiger partial charge in [0.15, 0.2) is 11.5 Å². The molecule has 0 spiro atoms. The Balaban J connectivity index is 2.84. The molecule has 0 radical (unpaired) electrons. The molecule has 1 rings (SSSR count). The summed E-state index contributed by atoms with van der Waals surface area (Å²) in [5.74, 6) is -0.832. The van der Waals surface area contributed by atoms with Gasteiger partial charge in [-0.1, -0.05) is 12.2 Å². The fourth-order valence-electron chi connectivity index (χ4n) is 1.18. The lowest BCUT2D eigenvalue weighted by atomic mass is 9.97. The monoisotopic (exact) mass is 168 g/mol. The van der Waals surface area contributed by atoms with Gasteiger partial charge in [-0.3, -0.25) is 0 Å². The highest BCUT2D eigenvalue weighted by Gasteiger charge is 2.18. The molecular formula is C9H12O3. The van der Waals surface area contributed by atoms with Gasteiger partial charge in [-0.2, -0.15) is 0 Å². The molecule has 0 heterocycles. The maximum atomic E-state index is 9.14. The van der Waals surface area contributed by atoms with Crippen LogP contribution in [0.4, 0.5) is 0 Å². The average molecular weight is 168 g/mol. The van der Waals surface area contributed by atoms with E-state index in [1.807, 2.05) is 19.1 Å². The lowest BCUT2D eigenvalue weighted by molar-refractivity contribution is 0.259. The molecule has 0 aromatic rings. The molecule has 0 saturated heterocycles. The van der Waals surface area contributed by atoms with Crippen molar-refractivity contribution in [1.29, 1.82) is 0 Å². The van der Waals surface area contributed by atoms with E-state index >= 15 is 0 Å². The Hall–Kier alpha value is -1.38. The molecule has 0 aromatic carbocycles. The van der Waals surface area contributed by atoms with Crippen molar-refractivity contribution in [3.05, 3.63) is 35.5 Å². The molecule has 0 aliphatic heterocycles. The van der Waals surface area contributed by atoms with E-state index in [9.17, 15) is 0 Å². The molecule has 0 amide bonds. The summed E-state index contributed by atoms with van der Waals surface area (Å²) in [4.78, 5) is 0. The smallest absolute Gasteiger partial charge is 0.195 e. The SMILES string of the molecule is C/C=C/C1C=C(O)C(O)=C(O)C1. The normalized spacial score (nSPS) is 24.8. The number of hydrogen-bond acceptors (Lipinski definition) is 3. The third-order valence-electron chi connectivity index (χ3n) is 1.76. The van der Waals surface area contributed by atoms with Crippen LogP contribution in [0.25, 0.3) is 0 Å². The summed E-state index contributed by atoms with van der Waals surface area (Å²) in [7, 11) is 0. The molecule has 0 saturated carbocycles. The predicted octanol–water partition coefficient (Wildman–Crippen LogP) is 2.35. The highest BCUT2D eigenvalue weighted by molar-refractivity contribution is 5.28. The van der Waals surface area contributed by atoms with Crippen molar-refractivity contribution in [2.24, 2.45) is 5.92 Å². The van der Waals surface area contributed by atoms with Crippen LogP contribution in [0.2, 0.25) is 0 Å². The summed E-state index contributed by atoms with van der Waals surface area (Å²) in [6.07, 6.45) is 5.54. The van der Waals surface area contributed by atoms with Crippen molar-refractivity contribution in [2.75, 3.05) is 0 Å². The standard InChI is InChI=1S/C9H12O3/c1-2-3-6-4-7(10)9(12)8(11)5-6/h2-4,6,10-12H,5H2,1H3/b3-2+. The second kappa shape index (κ2) is 3.34. The van der Waals surface area contributed by atoms with Crippen LogP contribution in [0.1, 0.15) is 13.3 Å². The lowest BCUT2D eigenvalue weighted by Gasteiger charge is -2.14. The van der Waals surface area contributed by atoms with Crippen molar-refractivity contribution in [3.63, 3.8) is 0 Å². The predicted molar refractivity (Wildman–Crippen MR) is 45.9 cm³/mol. The van der Waals surface area contributed by atoms with Gasteiger partial charge in [0.1, 0.15) is 5.76 Å². The van der Waals surface area contributed by atoms with E-state index in [0.29, 0.717) is 6.42 Å². The van der Waals surface area contributed by atoms with Gasteiger partial charge in [0.2, 0.25) is 0 Å². The first-order chi connectivity index (χ1) is 5.65. The van der Waals surface area contributed by atoms with Gasteiger partial charge >= 0.3 is 0 Å². The summed E-state index contributed by atoms with van der Waals surface area (Å²) in [6.45, 7) is 1.86. The van der Waals surface area contributed by atoms with Gasteiger partial charge in [-0.25, -0.2) is 0 Å². The summed E-state index contributed by atoms with van der Waals surface area (Å²) in [5.41, 5.74) is 0. The van der Waals surface area contributed by atoms with Crippen LogP contribution >= 0.6 is 0 Å². The third-order valence-corrected chi connectivity index (χ3v) is 1.76. The van der Waals surface area contributed by atoms with Crippen molar-refractivity contribution in [2.45, 2.75) is 13.3 Å². The second-order valence-electron chi connectivity index (χ2n) is 2.74. The number of allylic oxidation sites excluding steroid dienone is 4. The van der Waals surface area contributed by atoms with Crippen molar-refractivity contribution in [3.8, 4) is 0 Å². The Labute approximate surface area is 71.0 Å². The largest absolute Gasteiger partial charge is 0.508 e. The lowest BCUT2D eigenvalue weighted by Crippen LogP contribution is -2.07. The van der Waals surface area contributed by atoms with Crippen LogP contribution < -0.4 is 0 Å². The highest BCUT2D eigenvalue weighted by Crippen LogP contribution is 2.25. The summed E-state index contributed by atoms with van der Waals surface area (Å²) < 4.78 is 0. The Morgan fingerprint density at radius 1 is 1.42 bits per heavy atom. The summed E-state index contributed by atoms with van der Waals surface area (Å²) in [6, 6.07) is 0. The molecule has 12 heavy (non-hydrogen) atoms. The molecule has 0 fully saturated rings. The van der Waals surface area contributed by atoms with Gasteiger partial charge < -0.3 is 15.3 Å². The Kier molecular flexibility index (Phi) is 2.43. The zero-order valence-corrected chi connectivity index (χ0v) is 6.86. The fraction of sp³-hybridized carbons (Fsp3) is 0.333. The number of rotatable bonds is 1. The molecule has 0 bridgehead atoms. The molecule has 1 atom stereocenters. The molecule has 1 aliphatic rings. The van der Waals surface area contributed by atoms with Crippen LogP contribution in [0.5, 0.6) is 0 Å². The molecule has 3 N–H and O–H groups in total. The Morgan fingerprint density at radius 3 is 2.58 bits per heavy atom. The Bertz CT molecular complexity index is 261. The Morgan fingerprint density at radius 2 is 2.08 bits per heavy atom. The zero-order valence-electron chi connectivity index (χ0n) is 6.86. The minimum Gasteiger partial charge on any atom is -0.508 e. The van der Waals surface area contributed by atoms with Gasteiger partial charge in [-0.05, 0) is 13.0 Å². The number of hydrogen-bond donors (Lipinski definition) is 3.